The number of phenols is 1. The van der Waals surface area contributed by atoms with E-state index in [1.807, 2.05) is 30.3 Å². The molecule has 1 amide bonds. The summed E-state index contributed by atoms with van der Waals surface area (Å²) in [5.74, 6) is 0.582. The van der Waals surface area contributed by atoms with Gasteiger partial charge in [-0.3, -0.25) is 14.7 Å². The number of hydrogen-bond donors (Lipinski definition) is 2. The Balaban J connectivity index is 1.77. The maximum absolute atomic E-state index is 12.6. The van der Waals surface area contributed by atoms with Crippen LogP contribution in [0.4, 0.5) is 0 Å². The van der Waals surface area contributed by atoms with Crippen molar-refractivity contribution in [2.45, 2.75) is 6.54 Å². The lowest BCUT2D eigenvalue weighted by molar-refractivity contribution is 0.0781. The van der Waals surface area contributed by atoms with Gasteiger partial charge in [0.05, 0.1) is 16.6 Å². The zero-order valence-electron chi connectivity index (χ0n) is 13.8. The van der Waals surface area contributed by atoms with Crippen molar-refractivity contribution in [3.8, 4) is 17.1 Å². The van der Waals surface area contributed by atoms with E-state index in [-0.39, 0.29) is 33.8 Å². The first-order chi connectivity index (χ1) is 12.5. The summed E-state index contributed by atoms with van der Waals surface area (Å²) in [6.45, 7) is 0.216. The molecule has 26 heavy (non-hydrogen) atoms. The number of halogens is 1. The molecule has 8 heteroatoms. The molecule has 0 atom stereocenters. The Morgan fingerprint density at radius 2 is 2.04 bits per heavy atom. The normalized spacial score (nSPS) is 10.5. The van der Waals surface area contributed by atoms with Gasteiger partial charge in [0.2, 0.25) is 0 Å². The number of phenolic OH excluding ortho intramolecular Hbond substituents is 1. The Kier molecular flexibility index (Phi) is 5.13. The van der Waals surface area contributed by atoms with E-state index in [0.717, 1.165) is 5.56 Å². The highest BCUT2D eigenvalue weighted by Crippen LogP contribution is 2.29. The van der Waals surface area contributed by atoms with E-state index in [2.05, 4.69) is 31.1 Å². The third kappa shape index (κ3) is 3.65. The zero-order chi connectivity index (χ0) is 18.7. The summed E-state index contributed by atoms with van der Waals surface area (Å²) in [7, 11) is 1.62. The molecule has 1 heterocycles. The Morgan fingerprint density at radius 1 is 1.31 bits per heavy atom. The van der Waals surface area contributed by atoms with Gasteiger partial charge < -0.3 is 10.0 Å². The molecule has 1 aromatic heterocycles. The van der Waals surface area contributed by atoms with Gasteiger partial charge in [0.15, 0.2) is 12.1 Å². The number of nitrogens with one attached hydrogen (secondary N) is 1. The van der Waals surface area contributed by atoms with Gasteiger partial charge in [-0.05, 0) is 28.1 Å². The van der Waals surface area contributed by atoms with Crippen molar-refractivity contribution in [2.24, 2.45) is 0 Å². The third-order valence-corrected chi connectivity index (χ3v) is 4.37. The summed E-state index contributed by atoms with van der Waals surface area (Å²) in [4.78, 5) is 29.5. The van der Waals surface area contributed by atoms with E-state index >= 15 is 0 Å². The van der Waals surface area contributed by atoms with E-state index in [9.17, 15) is 14.7 Å². The second kappa shape index (κ2) is 7.49. The monoisotopic (exact) mass is 414 g/mol. The molecule has 3 rings (SSSR count). The van der Waals surface area contributed by atoms with Crippen molar-refractivity contribution < 1.29 is 14.7 Å². The standard InChI is InChI=1S/C18H15BrN4O3/c1-23(18(26)12-7-13(10-24)16(25)14(19)8-12)9-15-20-17(22-21-15)11-5-3-2-4-6-11/h2-8,10,25H,9H2,1H3,(H,20,21,22). The van der Waals surface area contributed by atoms with Crippen molar-refractivity contribution in [3.05, 3.63) is 63.9 Å². The minimum absolute atomic E-state index is 0.0437. The lowest BCUT2D eigenvalue weighted by Crippen LogP contribution is -2.26. The van der Waals surface area contributed by atoms with Crippen molar-refractivity contribution in [1.82, 2.24) is 20.1 Å². The Bertz CT molecular complexity index is 956. The maximum atomic E-state index is 12.6. The fourth-order valence-corrected chi connectivity index (χ4v) is 2.91. The number of H-pyrrole nitrogens is 1. The van der Waals surface area contributed by atoms with Gasteiger partial charge in [0.1, 0.15) is 11.6 Å². The highest BCUT2D eigenvalue weighted by Gasteiger charge is 2.18. The quantitative estimate of drug-likeness (QED) is 0.625. The molecule has 0 fully saturated rings. The number of carbonyl (C=O) groups excluding carboxylic acids is 2. The number of aldehydes is 1. The first-order valence-corrected chi connectivity index (χ1v) is 8.48. The molecule has 7 nitrogen and oxygen atoms in total. The molecule has 0 aliphatic heterocycles. The molecule has 0 spiro atoms. The summed E-state index contributed by atoms with van der Waals surface area (Å²) >= 11 is 3.14. The summed E-state index contributed by atoms with van der Waals surface area (Å²) < 4.78 is 0.282. The summed E-state index contributed by atoms with van der Waals surface area (Å²) in [6, 6.07) is 12.3. The fourth-order valence-electron chi connectivity index (χ4n) is 2.43. The predicted molar refractivity (Wildman–Crippen MR) is 98.8 cm³/mol. The maximum Gasteiger partial charge on any atom is 0.254 e. The molecule has 132 valence electrons. The molecule has 2 aromatic carbocycles. The molecule has 2 N–H and O–H groups in total. The van der Waals surface area contributed by atoms with Crippen LogP contribution in [0.25, 0.3) is 11.4 Å². The molecular formula is C18H15BrN4O3. The predicted octanol–water partition coefficient (Wildman–Crippen LogP) is 3.02. The Labute approximate surface area is 157 Å². The Hall–Kier alpha value is -3.00. The number of amides is 1. The van der Waals surface area contributed by atoms with Crippen LogP contribution < -0.4 is 0 Å². The van der Waals surface area contributed by atoms with E-state index in [1.165, 1.54) is 17.0 Å². The third-order valence-electron chi connectivity index (χ3n) is 3.76. The van der Waals surface area contributed by atoms with Crippen LogP contribution in [-0.4, -0.2) is 44.4 Å². The van der Waals surface area contributed by atoms with Gasteiger partial charge in [0, 0.05) is 18.2 Å². The average molecular weight is 415 g/mol. The molecule has 0 aliphatic carbocycles. The number of aromatic amines is 1. The molecule has 0 aliphatic rings. The van der Waals surface area contributed by atoms with Crippen LogP contribution in [0, 0.1) is 0 Å². The lowest BCUT2D eigenvalue weighted by atomic mass is 10.1. The highest BCUT2D eigenvalue weighted by atomic mass is 79.9. The fraction of sp³-hybridized carbons (Fsp3) is 0.111. The van der Waals surface area contributed by atoms with Crippen LogP contribution in [0.2, 0.25) is 0 Å². The Morgan fingerprint density at radius 3 is 2.73 bits per heavy atom. The van der Waals surface area contributed by atoms with E-state index in [4.69, 9.17) is 0 Å². The largest absolute Gasteiger partial charge is 0.506 e. The first-order valence-electron chi connectivity index (χ1n) is 7.69. The molecule has 0 saturated carbocycles. The smallest absolute Gasteiger partial charge is 0.254 e. The molecule has 0 unspecified atom stereocenters. The van der Waals surface area contributed by atoms with Gasteiger partial charge in [-0.25, -0.2) is 4.98 Å². The van der Waals surface area contributed by atoms with Gasteiger partial charge in [-0.15, -0.1) is 0 Å². The summed E-state index contributed by atoms with van der Waals surface area (Å²) in [5.41, 5.74) is 1.20. The van der Waals surface area contributed by atoms with Crippen LogP contribution in [0.3, 0.4) is 0 Å². The number of benzene rings is 2. The lowest BCUT2D eigenvalue weighted by Gasteiger charge is -2.16. The van der Waals surface area contributed by atoms with Gasteiger partial charge >= 0.3 is 0 Å². The van der Waals surface area contributed by atoms with Crippen LogP contribution in [0.15, 0.2) is 46.9 Å². The van der Waals surface area contributed by atoms with Gasteiger partial charge in [-0.1, -0.05) is 30.3 Å². The summed E-state index contributed by atoms with van der Waals surface area (Å²) in [5, 5.41) is 16.8. The van der Waals surface area contributed by atoms with Gasteiger partial charge in [-0.2, -0.15) is 5.10 Å². The van der Waals surface area contributed by atoms with E-state index in [0.29, 0.717) is 17.9 Å². The minimum atomic E-state index is -0.313. The molecule has 3 aromatic rings. The number of carbonyl (C=O) groups is 2. The second-order valence-corrected chi connectivity index (χ2v) is 6.50. The highest BCUT2D eigenvalue weighted by molar-refractivity contribution is 9.10. The minimum Gasteiger partial charge on any atom is -0.506 e. The number of aromatic nitrogens is 3. The second-order valence-electron chi connectivity index (χ2n) is 5.65. The van der Waals surface area contributed by atoms with Crippen LogP contribution in [-0.2, 0) is 6.54 Å². The van der Waals surface area contributed by atoms with Crippen LogP contribution in [0.1, 0.15) is 26.5 Å². The van der Waals surface area contributed by atoms with E-state index in [1.54, 1.807) is 7.05 Å². The SMILES string of the molecule is CN(Cc1nc(-c2ccccc2)n[nH]1)C(=O)c1cc(Br)c(O)c(C=O)c1. The van der Waals surface area contributed by atoms with Crippen molar-refractivity contribution in [3.63, 3.8) is 0 Å². The van der Waals surface area contributed by atoms with Crippen molar-refractivity contribution in [2.75, 3.05) is 7.05 Å². The van der Waals surface area contributed by atoms with E-state index < -0.39 is 0 Å². The number of hydrogen-bond acceptors (Lipinski definition) is 5. The number of nitrogens with zero attached hydrogens (tertiary/aromatic N) is 3. The van der Waals surface area contributed by atoms with Crippen molar-refractivity contribution >= 4 is 28.1 Å². The first kappa shape index (κ1) is 17.8. The zero-order valence-corrected chi connectivity index (χ0v) is 15.4. The van der Waals surface area contributed by atoms with Gasteiger partial charge in [0.25, 0.3) is 5.91 Å². The summed E-state index contributed by atoms with van der Waals surface area (Å²) in [6.07, 6.45) is 0.499. The number of rotatable bonds is 5. The van der Waals surface area contributed by atoms with Crippen molar-refractivity contribution in [1.29, 1.82) is 0 Å². The average Bonchev–Trinajstić information content (AvgIpc) is 3.12. The topological polar surface area (TPSA) is 99.2 Å². The number of aromatic hydroxyl groups is 1. The molecule has 0 bridgehead atoms. The molecule has 0 radical (unpaired) electrons. The van der Waals surface area contributed by atoms with Crippen LogP contribution >= 0.6 is 15.9 Å². The molecular weight excluding hydrogens is 400 g/mol. The molecule has 0 saturated heterocycles. The van der Waals surface area contributed by atoms with Crippen LogP contribution in [0.5, 0.6) is 5.75 Å².